The summed E-state index contributed by atoms with van der Waals surface area (Å²) in [6, 6.07) is 2.75. The van der Waals surface area contributed by atoms with Crippen molar-refractivity contribution in [2.45, 2.75) is 46.7 Å². The summed E-state index contributed by atoms with van der Waals surface area (Å²) in [5.41, 5.74) is 2.47. The summed E-state index contributed by atoms with van der Waals surface area (Å²) in [4.78, 5) is 7.04. The minimum absolute atomic E-state index is 0.525. The van der Waals surface area contributed by atoms with Gasteiger partial charge >= 0.3 is 0 Å². The lowest BCUT2D eigenvalue weighted by molar-refractivity contribution is 0.199. The minimum Gasteiger partial charge on any atom is -0.383 e. The van der Waals surface area contributed by atoms with E-state index in [9.17, 15) is 0 Å². The van der Waals surface area contributed by atoms with Crippen molar-refractivity contribution in [1.82, 2.24) is 10.3 Å². The van der Waals surface area contributed by atoms with Crippen molar-refractivity contribution in [3.63, 3.8) is 0 Å². The minimum atomic E-state index is 0.525. The standard InChI is InChI=1S/C16H29N3O/c1-6-14(4)19(7-2)16-13(3)10-15(12-18-16)11-17-8-9-20-5/h10,12,14,17H,6-9,11H2,1-5H3. The molecule has 0 aliphatic heterocycles. The molecule has 0 fully saturated rings. The van der Waals surface area contributed by atoms with E-state index in [0.29, 0.717) is 6.04 Å². The number of pyridine rings is 1. The third-order valence-electron chi connectivity index (χ3n) is 3.65. The smallest absolute Gasteiger partial charge is 0.131 e. The van der Waals surface area contributed by atoms with E-state index < -0.39 is 0 Å². The van der Waals surface area contributed by atoms with Crippen molar-refractivity contribution in [2.75, 3.05) is 31.7 Å². The van der Waals surface area contributed by atoms with Gasteiger partial charge in [0, 0.05) is 39.0 Å². The maximum atomic E-state index is 5.02. The lowest BCUT2D eigenvalue weighted by Crippen LogP contribution is -2.33. The molecule has 1 N–H and O–H groups in total. The van der Waals surface area contributed by atoms with Gasteiger partial charge in [0.15, 0.2) is 0 Å². The first-order chi connectivity index (χ1) is 9.63. The molecule has 1 aromatic heterocycles. The number of nitrogens with zero attached hydrogens (tertiary/aromatic N) is 2. The van der Waals surface area contributed by atoms with E-state index in [4.69, 9.17) is 4.74 Å². The maximum Gasteiger partial charge on any atom is 0.131 e. The van der Waals surface area contributed by atoms with Crippen LogP contribution in [-0.4, -0.2) is 37.8 Å². The highest BCUT2D eigenvalue weighted by Crippen LogP contribution is 2.21. The van der Waals surface area contributed by atoms with Gasteiger partial charge in [-0.15, -0.1) is 0 Å². The molecule has 0 radical (unpaired) electrons. The van der Waals surface area contributed by atoms with Gasteiger partial charge in [0.2, 0.25) is 0 Å². The number of ether oxygens (including phenoxy) is 1. The molecule has 4 heteroatoms. The van der Waals surface area contributed by atoms with Crippen LogP contribution in [0.15, 0.2) is 12.3 Å². The van der Waals surface area contributed by atoms with Gasteiger partial charge in [0.05, 0.1) is 6.61 Å². The topological polar surface area (TPSA) is 37.4 Å². The molecule has 20 heavy (non-hydrogen) atoms. The number of aryl methyl sites for hydroxylation is 1. The van der Waals surface area contributed by atoms with Crippen molar-refractivity contribution in [1.29, 1.82) is 0 Å². The van der Waals surface area contributed by atoms with E-state index in [-0.39, 0.29) is 0 Å². The first kappa shape index (κ1) is 16.9. The Bertz CT molecular complexity index is 395. The molecule has 1 atom stereocenters. The molecule has 0 saturated heterocycles. The highest BCUT2D eigenvalue weighted by Gasteiger charge is 2.14. The average molecular weight is 279 g/mol. The molecule has 0 aliphatic carbocycles. The Labute approximate surface area is 123 Å². The third kappa shape index (κ3) is 4.76. The maximum absolute atomic E-state index is 5.02. The number of nitrogens with one attached hydrogen (secondary N) is 1. The first-order valence-corrected chi connectivity index (χ1v) is 7.55. The van der Waals surface area contributed by atoms with Crippen molar-refractivity contribution in [3.05, 3.63) is 23.4 Å². The number of aromatic nitrogens is 1. The summed E-state index contributed by atoms with van der Waals surface area (Å²) in [5.74, 6) is 1.11. The van der Waals surface area contributed by atoms with E-state index >= 15 is 0 Å². The van der Waals surface area contributed by atoms with Crippen LogP contribution in [-0.2, 0) is 11.3 Å². The Balaban J connectivity index is 2.71. The molecule has 4 nitrogen and oxygen atoms in total. The van der Waals surface area contributed by atoms with E-state index in [0.717, 1.165) is 38.5 Å². The van der Waals surface area contributed by atoms with E-state index in [1.54, 1.807) is 7.11 Å². The second-order valence-corrected chi connectivity index (χ2v) is 5.20. The van der Waals surface area contributed by atoms with Crippen LogP contribution < -0.4 is 10.2 Å². The lowest BCUT2D eigenvalue weighted by Gasteiger charge is -2.29. The summed E-state index contributed by atoms with van der Waals surface area (Å²) in [6.45, 7) is 12.2. The lowest BCUT2D eigenvalue weighted by atomic mass is 10.1. The van der Waals surface area contributed by atoms with Gasteiger partial charge in [0.25, 0.3) is 0 Å². The molecule has 0 spiro atoms. The van der Waals surface area contributed by atoms with Gasteiger partial charge in [-0.1, -0.05) is 6.92 Å². The number of rotatable bonds is 9. The van der Waals surface area contributed by atoms with Gasteiger partial charge in [0.1, 0.15) is 5.82 Å². The summed E-state index contributed by atoms with van der Waals surface area (Å²) < 4.78 is 5.02. The molecule has 0 aliphatic rings. The van der Waals surface area contributed by atoms with E-state index in [1.807, 2.05) is 6.20 Å². The summed E-state index contributed by atoms with van der Waals surface area (Å²) in [7, 11) is 1.72. The van der Waals surface area contributed by atoms with Crippen LogP contribution in [0, 0.1) is 6.92 Å². The Morgan fingerprint density at radius 2 is 2.15 bits per heavy atom. The monoisotopic (exact) mass is 279 g/mol. The molecule has 1 heterocycles. The molecule has 1 aromatic rings. The second kappa shape index (κ2) is 8.93. The first-order valence-electron chi connectivity index (χ1n) is 7.55. The van der Waals surface area contributed by atoms with Gasteiger partial charge in [-0.25, -0.2) is 4.98 Å². The number of hydrogen-bond donors (Lipinski definition) is 1. The van der Waals surface area contributed by atoms with Crippen LogP contribution in [0.1, 0.15) is 38.3 Å². The summed E-state index contributed by atoms with van der Waals surface area (Å²) in [5, 5.41) is 3.35. The highest BCUT2D eigenvalue weighted by atomic mass is 16.5. The van der Waals surface area contributed by atoms with Crippen molar-refractivity contribution >= 4 is 5.82 Å². The molecular formula is C16H29N3O. The van der Waals surface area contributed by atoms with E-state index in [1.165, 1.54) is 11.1 Å². The van der Waals surface area contributed by atoms with Crippen LogP contribution in [0.2, 0.25) is 0 Å². The third-order valence-corrected chi connectivity index (χ3v) is 3.65. The van der Waals surface area contributed by atoms with Crippen LogP contribution in [0.4, 0.5) is 5.82 Å². The Hall–Kier alpha value is -1.13. The van der Waals surface area contributed by atoms with Crippen LogP contribution in [0.5, 0.6) is 0 Å². The summed E-state index contributed by atoms with van der Waals surface area (Å²) in [6.07, 6.45) is 3.11. The largest absolute Gasteiger partial charge is 0.383 e. The summed E-state index contributed by atoms with van der Waals surface area (Å²) >= 11 is 0. The van der Waals surface area contributed by atoms with Gasteiger partial charge < -0.3 is 15.0 Å². The predicted molar refractivity (Wildman–Crippen MR) is 85.3 cm³/mol. The normalized spacial score (nSPS) is 12.4. The van der Waals surface area contributed by atoms with Crippen molar-refractivity contribution in [2.24, 2.45) is 0 Å². The van der Waals surface area contributed by atoms with Crippen LogP contribution in [0.3, 0.4) is 0 Å². The number of hydrogen-bond acceptors (Lipinski definition) is 4. The second-order valence-electron chi connectivity index (χ2n) is 5.20. The fourth-order valence-electron chi connectivity index (χ4n) is 2.32. The van der Waals surface area contributed by atoms with Crippen LogP contribution >= 0.6 is 0 Å². The fourth-order valence-corrected chi connectivity index (χ4v) is 2.32. The van der Waals surface area contributed by atoms with Crippen molar-refractivity contribution < 1.29 is 4.74 Å². The molecule has 0 bridgehead atoms. The molecular weight excluding hydrogens is 250 g/mol. The molecule has 1 rings (SSSR count). The zero-order valence-electron chi connectivity index (χ0n) is 13.6. The molecule has 0 amide bonds. The van der Waals surface area contributed by atoms with Gasteiger partial charge in [-0.2, -0.15) is 0 Å². The fraction of sp³-hybridized carbons (Fsp3) is 0.688. The zero-order chi connectivity index (χ0) is 15.0. The van der Waals surface area contributed by atoms with Crippen molar-refractivity contribution in [3.8, 4) is 0 Å². The number of anilines is 1. The zero-order valence-corrected chi connectivity index (χ0v) is 13.6. The quantitative estimate of drug-likeness (QED) is 0.705. The van der Waals surface area contributed by atoms with Gasteiger partial charge in [-0.05, 0) is 44.4 Å². The Morgan fingerprint density at radius 3 is 2.70 bits per heavy atom. The Kier molecular flexibility index (Phi) is 7.55. The van der Waals surface area contributed by atoms with Gasteiger partial charge in [-0.3, -0.25) is 0 Å². The average Bonchev–Trinajstić information content (AvgIpc) is 2.46. The molecule has 0 aromatic carbocycles. The van der Waals surface area contributed by atoms with E-state index in [2.05, 4.69) is 49.0 Å². The molecule has 0 saturated carbocycles. The van der Waals surface area contributed by atoms with Crippen LogP contribution in [0.25, 0.3) is 0 Å². The molecule has 114 valence electrons. The highest BCUT2D eigenvalue weighted by molar-refractivity contribution is 5.48. The predicted octanol–water partition coefficient (Wildman–Crippen LogP) is 2.75. The molecule has 1 unspecified atom stereocenters. The number of methoxy groups -OCH3 is 1. The SMILES string of the molecule is CCC(C)N(CC)c1ncc(CNCCOC)cc1C. The Morgan fingerprint density at radius 1 is 1.40 bits per heavy atom.